The van der Waals surface area contributed by atoms with E-state index in [2.05, 4.69) is 15.2 Å². The molecule has 0 heterocycles. The summed E-state index contributed by atoms with van der Waals surface area (Å²) in [6.07, 6.45) is -1.18. The predicted molar refractivity (Wildman–Crippen MR) is 101 cm³/mol. The van der Waals surface area contributed by atoms with Gasteiger partial charge in [-0.15, -0.1) is 0 Å². The van der Waals surface area contributed by atoms with Crippen molar-refractivity contribution < 1.29 is 28.6 Å². The average Bonchev–Trinajstić information content (AvgIpc) is 2.62. The standard InChI is InChI=1S/C12H25N2O6P.2C2H6/c1-5-13-9(15)6-7-14-11(17)10(16)12(2,3)8-20-21(18)19-4;2*1-2/h10,16,18H,5-8H2,1-4H3,(H,13,15)(H,14,17);2*1-2H3. The van der Waals surface area contributed by atoms with Crippen LogP contribution in [-0.4, -0.2) is 54.7 Å². The average molecular weight is 384 g/mol. The molecule has 0 aromatic rings. The zero-order valence-corrected chi connectivity index (χ0v) is 17.8. The van der Waals surface area contributed by atoms with Gasteiger partial charge in [0.25, 0.3) is 0 Å². The van der Waals surface area contributed by atoms with Crippen LogP contribution in [0, 0.1) is 5.41 Å². The molecule has 0 aliphatic carbocycles. The first kappa shape index (κ1) is 29.0. The van der Waals surface area contributed by atoms with Crippen LogP contribution in [0.4, 0.5) is 0 Å². The van der Waals surface area contributed by atoms with Gasteiger partial charge in [-0.25, -0.2) is 0 Å². The summed E-state index contributed by atoms with van der Waals surface area (Å²) in [5, 5.41) is 15.1. The lowest BCUT2D eigenvalue weighted by molar-refractivity contribution is -0.136. The third kappa shape index (κ3) is 15.2. The minimum atomic E-state index is -2.01. The van der Waals surface area contributed by atoms with Crippen molar-refractivity contribution in [3.63, 3.8) is 0 Å². The van der Waals surface area contributed by atoms with Crippen molar-refractivity contribution >= 4 is 20.4 Å². The number of carbonyl (C=O) groups is 2. The summed E-state index contributed by atoms with van der Waals surface area (Å²) in [4.78, 5) is 32.2. The molecule has 2 amide bonds. The van der Waals surface area contributed by atoms with Crippen LogP contribution in [-0.2, 0) is 18.6 Å². The highest BCUT2D eigenvalue weighted by atomic mass is 31.2. The van der Waals surface area contributed by atoms with Crippen LogP contribution in [0.15, 0.2) is 0 Å². The SMILES string of the molecule is CC.CC.CCNC(=O)CCNC(=O)C(O)C(C)(C)COP(O)OC. The lowest BCUT2D eigenvalue weighted by Gasteiger charge is -2.29. The van der Waals surface area contributed by atoms with E-state index in [9.17, 15) is 19.6 Å². The predicted octanol–water partition coefficient (Wildman–Crippen LogP) is 1.95. The Labute approximate surface area is 153 Å². The van der Waals surface area contributed by atoms with Crippen molar-refractivity contribution in [3.05, 3.63) is 0 Å². The van der Waals surface area contributed by atoms with E-state index in [4.69, 9.17) is 4.52 Å². The van der Waals surface area contributed by atoms with E-state index in [1.54, 1.807) is 20.8 Å². The fourth-order valence-electron chi connectivity index (χ4n) is 1.39. The second-order valence-corrected chi connectivity index (χ2v) is 6.18. The molecule has 9 heteroatoms. The van der Waals surface area contributed by atoms with Crippen LogP contribution >= 0.6 is 8.60 Å². The van der Waals surface area contributed by atoms with E-state index in [1.165, 1.54) is 7.11 Å². The monoisotopic (exact) mass is 384 g/mol. The maximum atomic E-state index is 11.8. The molecule has 0 saturated carbocycles. The largest absolute Gasteiger partial charge is 0.383 e. The van der Waals surface area contributed by atoms with Crippen molar-refractivity contribution in [2.75, 3.05) is 26.8 Å². The fraction of sp³-hybridized carbons (Fsp3) is 0.875. The molecule has 0 radical (unpaired) electrons. The quantitative estimate of drug-likeness (QED) is 0.428. The number of aliphatic hydroxyl groups excluding tert-OH is 1. The molecule has 0 aliphatic heterocycles. The van der Waals surface area contributed by atoms with E-state index in [1.807, 2.05) is 27.7 Å². The van der Waals surface area contributed by atoms with Crippen molar-refractivity contribution in [1.29, 1.82) is 0 Å². The van der Waals surface area contributed by atoms with Gasteiger partial charge in [0, 0.05) is 32.0 Å². The van der Waals surface area contributed by atoms with Gasteiger partial charge in [-0.2, -0.15) is 0 Å². The molecule has 152 valence electrons. The zero-order chi connectivity index (χ0) is 20.5. The number of amides is 2. The van der Waals surface area contributed by atoms with Crippen LogP contribution in [0.1, 0.15) is 54.9 Å². The summed E-state index contributed by atoms with van der Waals surface area (Å²) in [7, 11) is -0.712. The molecule has 0 rings (SSSR count). The van der Waals surface area contributed by atoms with Gasteiger partial charge >= 0.3 is 8.60 Å². The lowest BCUT2D eigenvalue weighted by Crippen LogP contribution is -2.46. The molecule has 4 N–H and O–H groups in total. The molecule has 8 nitrogen and oxygen atoms in total. The second-order valence-electron chi connectivity index (χ2n) is 5.08. The number of hydrogen-bond acceptors (Lipinski definition) is 6. The molecular weight excluding hydrogens is 347 g/mol. The van der Waals surface area contributed by atoms with E-state index in [-0.39, 0.29) is 25.5 Å². The highest BCUT2D eigenvalue weighted by molar-refractivity contribution is 7.40. The molecule has 0 bridgehead atoms. The Balaban J connectivity index is -0.00000112. The maximum absolute atomic E-state index is 11.8. The summed E-state index contributed by atoms with van der Waals surface area (Å²) in [5.41, 5.74) is -0.905. The van der Waals surface area contributed by atoms with Gasteiger partial charge in [0.1, 0.15) is 6.10 Å². The minimum absolute atomic E-state index is 0.0477. The Morgan fingerprint density at radius 3 is 2.12 bits per heavy atom. The Morgan fingerprint density at radius 2 is 1.68 bits per heavy atom. The van der Waals surface area contributed by atoms with Gasteiger partial charge in [-0.3, -0.25) is 9.59 Å². The first-order valence-corrected chi connectivity index (χ1v) is 9.76. The van der Waals surface area contributed by atoms with Crippen molar-refractivity contribution in [3.8, 4) is 0 Å². The molecular formula is C16H37N2O6P. The number of aliphatic hydroxyl groups is 1. The van der Waals surface area contributed by atoms with Crippen LogP contribution in [0.25, 0.3) is 0 Å². The molecule has 2 atom stereocenters. The lowest BCUT2D eigenvalue weighted by atomic mass is 9.87. The van der Waals surface area contributed by atoms with Gasteiger partial charge in [0.2, 0.25) is 11.8 Å². The van der Waals surface area contributed by atoms with Crippen molar-refractivity contribution in [2.45, 2.75) is 61.0 Å². The number of rotatable bonds is 10. The fourth-order valence-corrected chi connectivity index (χ4v) is 1.94. The third-order valence-corrected chi connectivity index (χ3v) is 3.38. The summed E-state index contributed by atoms with van der Waals surface area (Å²) in [6.45, 7) is 13.7. The van der Waals surface area contributed by atoms with Gasteiger partial charge in [0.05, 0.1) is 6.61 Å². The molecule has 0 spiro atoms. The first-order valence-electron chi connectivity index (χ1n) is 8.63. The van der Waals surface area contributed by atoms with Crippen LogP contribution in [0.5, 0.6) is 0 Å². The zero-order valence-electron chi connectivity index (χ0n) is 16.9. The molecule has 0 fully saturated rings. The van der Waals surface area contributed by atoms with E-state index in [0.717, 1.165) is 0 Å². The Bertz CT molecular complexity index is 343. The van der Waals surface area contributed by atoms with Crippen LogP contribution < -0.4 is 10.6 Å². The summed E-state index contributed by atoms with van der Waals surface area (Å²) >= 11 is 0. The molecule has 25 heavy (non-hydrogen) atoms. The highest BCUT2D eigenvalue weighted by Crippen LogP contribution is 2.35. The minimum Gasteiger partial charge on any atom is -0.383 e. The van der Waals surface area contributed by atoms with E-state index >= 15 is 0 Å². The van der Waals surface area contributed by atoms with Crippen LogP contribution in [0.3, 0.4) is 0 Å². The number of hydrogen-bond donors (Lipinski definition) is 4. The Morgan fingerprint density at radius 1 is 1.16 bits per heavy atom. The summed E-state index contributed by atoms with van der Waals surface area (Å²) in [5.74, 6) is -0.756. The Kier molecular flexibility index (Phi) is 20.9. The molecule has 0 aliphatic rings. The van der Waals surface area contributed by atoms with E-state index < -0.39 is 26.0 Å². The molecule has 0 aromatic carbocycles. The molecule has 2 unspecified atom stereocenters. The normalized spacial score (nSPS) is 12.6. The van der Waals surface area contributed by atoms with Gasteiger partial charge in [0.15, 0.2) is 0 Å². The number of nitrogens with one attached hydrogen (secondary N) is 2. The second kappa shape index (κ2) is 18.0. The number of carbonyl (C=O) groups excluding carboxylic acids is 2. The van der Waals surface area contributed by atoms with Gasteiger partial charge in [-0.1, -0.05) is 41.5 Å². The third-order valence-electron chi connectivity index (χ3n) is 2.72. The topological polar surface area (TPSA) is 117 Å². The van der Waals surface area contributed by atoms with Gasteiger partial charge < -0.3 is 29.7 Å². The first-order chi connectivity index (χ1) is 11.7. The smallest absolute Gasteiger partial charge is 0.329 e. The maximum Gasteiger partial charge on any atom is 0.329 e. The van der Waals surface area contributed by atoms with Gasteiger partial charge in [-0.05, 0) is 6.92 Å². The summed E-state index contributed by atoms with van der Waals surface area (Å²) < 4.78 is 9.57. The van der Waals surface area contributed by atoms with E-state index in [0.29, 0.717) is 6.54 Å². The highest BCUT2D eigenvalue weighted by Gasteiger charge is 2.34. The van der Waals surface area contributed by atoms with Crippen molar-refractivity contribution in [1.82, 2.24) is 10.6 Å². The molecule has 0 aromatic heterocycles. The summed E-state index contributed by atoms with van der Waals surface area (Å²) in [6, 6.07) is 0. The Hall–Kier alpha value is -0.790. The molecule has 0 saturated heterocycles. The van der Waals surface area contributed by atoms with Crippen molar-refractivity contribution in [2.24, 2.45) is 5.41 Å². The van der Waals surface area contributed by atoms with Crippen LogP contribution in [0.2, 0.25) is 0 Å².